The highest BCUT2D eigenvalue weighted by Gasteiger charge is 2.11. The molecule has 0 radical (unpaired) electrons. The van der Waals surface area contributed by atoms with E-state index in [1.54, 1.807) is 17.7 Å². The van der Waals surface area contributed by atoms with Crippen LogP contribution >= 0.6 is 11.6 Å². The third-order valence-corrected chi connectivity index (χ3v) is 3.25. The van der Waals surface area contributed by atoms with Gasteiger partial charge in [-0.1, -0.05) is 23.7 Å². The van der Waals surface area contributed by atoms with E-state index in [-0.39, 0.29) is 5.78 Å². The van der Waals surface area contributed by atoms with Crippen LogP contribution in [0.3, 0.4) is 0 Å². The normalized spacial score (nSPS) is 10.6. The Balaban J connectivity index is 2.56. The molecule has 0 unspecified atom stereocenters. The summed E-state index contributed by atoms with van der Waals surface area (Å²) < 4.78 is 1.75. The summed E-state index contributed by atoms with van der Waals surface area (Å²) in [7, 11) is 0. The summed E-state index contributed by atoms with van der Waals surface area (Å²) in [6.07, 6.45) is 0. The first-order chi connectivity index (χ1) is 8.00. The van der Waals surface area contributed by atoms with Gasteiger partial charge in [-0.3, -0.25) is 4.79 Å². The lowest BCUT2D eigenvalue weighted by atomic mass is 10.1. The number of aryl methyl sites for hydroxylation is 1. The number of nitrogens with zero attached hydrogens (tertiary/aromatic N) is 2. The zero-order valence-corrected chi connectivity index (χ0v) is 10.7. The molecule has 0 aliphatic carbocycles. The van der Waals surface area contributed by atoms with Crippen LogP contribution in [0.2, 0.25) is 5.02 Å². The van der Waals surface area contributed by atoms with Gasteiger partial charge >= 0.3 is 0 Å². The molecule has 17 heavy (non-hydrogen) atoms. The van der Waals surface area contributed by atoms with Gasteiger partial charge in [0.05, 0.1) is 22.1 Å². The number of Topliss-reactive ketones (excluding diaryl/α,β-unsaturated/α-hetero) is 1. The zero-order valence-electron chi connectivity index (χ0n) is 9.99. The largest absolute Gasteiger partial charge is 0.295 e. The molecule has 3 nitrogen and oxygen atoms in total. The predicted octanol–water partition coefficient (Wildman–Crippen LogP) is 3.35. The van der Waals surface area contributed by atoms with Crippen LogP contribution in [0, 0.1) is 13.8 Å². The maximum atomic E-state index is 11.3. The van der Waals surface area contributed by atoms with E-state index in [2.05, 4.69) is 5.10 Å². The zero-order chi connectivity index (χ0) is 12.6. The molecule has 2 rings (SSSR count). The Morgan fingerprint density at radius 1 is 1.35 bits per heavy atom. The smallest absolute Gasteiger partial charge is 0.159 e. The van der Waals surface area contributed by atoms with Crippen molar-refractivity contribution in [1.82, 2.24) is 9.78 Å². The second-order valence-corrected chi connectivity index (χ2v) is 4.38. The standard InChI is InChI=1S/C13H13ClN2O/c1-8-13(14)9(2)16(15-8)12-6-4-5-11(7-12)10(3)17/h4-7H,1-3H3. The molecule has 4 heteroatoms. The molecule has 0 amide bonds. The van der Waals surface area contributed by atoms with Crippen molar-refractivity contribution in [2.45, 2.75) is 20.8 Å². The Morgan fingerprint density at radius 2 is 2.06 bits per heavy atom. The van der Waals surface area contributed by atoms with Crippen molar-refractivity contribution in [2.75, 3.05) is 0 Å². The number of hydrogen-bond acceptors (Lipinski definition) is 2. The van der Waals surface area contributed by atoms with Crippen molar-refractivity contribution in [1.29, 1.82) is 0 Å². The molecule has 0 N–H and O–H groups in total. The first-order valence-corrected chi connectivity index (χ1v) is 5.71. The Hall–Kier alpha value is -1.61. The Morgan fingerprint density at radius 3 is 2.59 bits per heavy atom. The number of carbonyl (C=O) groups excluding carboxylic acids is 1. The molecule has 0 aliphatic heterocycles. The number of rotatable bonds is 2. The summed E-state index contributed by atoms with van der Waals surface area (Å²) in [5.41, 5.74) is 3.19. The van der Waals surface area contributed by atoms with Crippen LogP contribution in [0.15, 0.2) is 24.3 Å². The number of ketones is 1. The van der Waals surface area contributed by atoms with Crippen molar-refractivity contribution >= 4 is 17.4 Å². The minimum absolute atomic E-state index is 0.0412. The summed E-state index contributed by atoms with van der Waals surface area (Å²) in [4.78, 5) is 11.3. The monoisotopic (exact) mass is 248 g/mol. The van der Waals surface area contributed by atoms with Crippen LogP contribution in [0.4, 0.5) is 0 Å². The minimum atomic E-state index is 0.0412. The molecule has 1 heterocycles. The van der Waals surface area contributed by atoms with Crippen molar-refractivity contribution in [3.05, 3.63) is 46.2 Å². The van der Waals surface area contributed by atoms with E-state index >= 15 is 0 Å². The van der Waals surface area contributed by atoms with Crippen LogP contribution in [0.25, 0.3) is 5.69 Å². The molecule has 0 fully saturated rings. The fraction of sp³-hybridized carbons (Fsp3) is 0.231. The summed E-state index contributed by atoms with van der Waals surface area (Å²) in [5.74, 6) is 0.0412. The molecule has 1 aromatic heterocycles. The molecule has 0 bridgehead atoms. The molecule has 1 aromatic carbocycles. The molecular formula is C13H13ClN2O. The highest BCUT2D eigenvalue weighted by molar-refractivity contribution is 6.31. The van der Waals surface area contributed by atoms with Gasteiger partial charge in [0.1, 0.15) is 0 Å². The first kappa shape index (κ1) is 11.9. The summed E-state index contributed by atoms with van der Waals surface area (Å²) in [6.45, 7) is 5.32. The van der Waals surface area contributed by atoms with E-state index in [0.29, 0.717) is 10.6 Å². The quantitative estimate of drug-likeness (QED) is 0.764. The maximum absolute atomic E-state index is 11.3. The Labute approximate surface area is 105 Å². The third-order valence-electron chi connectivity index (χ3n) is 2.70. The molecule has 0 atom stereocenters. The second-order valence-electron chi connectivity index (χ2n) is 4.00. The van der Waals surface area contributed by atoms with Crippen LogP contribution in [-0.4, -0.2) is 15.6 Å². The van der Waals surface area contributed by atoms with Crippen LogP contribution in [0.1, 0.15) is 28.7 Å². The van der Waals surface area contributed by atoms with Gasteiger partial charge in [-0.05, 0) is 32.9 Å². The van der Waals surface area contributed by atoms with E-state index in [4.69, 9.17) is 11.6 Å². The molecule has 0 saturated carbocycles. The SMILES string of the molecule is CC(=O)c1cccc(-n2nc(C)c(Cl)c2C)c1. The summed E-state index contributed by atoms with van der Waals surface area (Å²) in [5, 5.41) is 5.02. The fourth-order valence-electron chi connectivity index (χ4n) is 1.73. The summed E-state index contributed by atoms with van der Waals surface area (Å²) >= 11 is 6.10. The molecule has 88 valence electrons. The number of halogens is 1. The first-order valence-electron chi connectivity index (χ1n) is 5.34. The van der Waals surface area contributed by atoms with Gasteiger partial charge in [0, 0.05) is 5.56 Å². The number of hydrogen-bond donors (Lipinski definition) is 0. The molecule has 0 saturated heterocycles. The minimum Gasteiger partial charge on any atom is -0.295 e. The average molecular weight is 249 g/mol. The summed E-state index contributed by atoms with van der Waals surface area (Å²) in [6, 6.07) is 7.36. The molecule has 2 aromatic rings. The lowest BCUT2D eigenvalue weighted by Gasteiger charge is -2.05. The van der Waals surface area contributed by atoms with Crippen LogP contribution in [-0.2, 0) is 0 Å². The Bertz CT molecular complexity index is 587. The molecular weight excluding hydrogens is 236 g/mol. The van der Waals surface area contributed by atoms with E-state index in [1.807, 2.05) is 32.0 Å². The van der Waals surface area contributed by atoms with Gasteiger partial charge in [0.2, 0.25) is 0 Å². The van der Waals surface area contributed by atoms with Gasteiger partial charge in [-0.15, -0.1) is 0 Å². The third kappa shape index (κ3) is 2.11. The second kappa shape index (κ2) is 4.34. The van der Waals surface area contributed by atoms with Gasteiger partial charge in [0.25, 0.3) is 0 Å². The molecule has 0 aliphatic rings. The molecule has 0 spiro atoms. The van der Waals surface area contributed by atoms with Crippen LogP contribution < -0.4 is 0 Å². The van der Waals surface area contributed by atoms with E-state index in [0.717, 1.165) is 17.1 Å². The van der Waals surface area contributed by atoms with Crippen molar-refractivity contribution in [3.8, 4) is 5.69 Å². The lowest BCUT2D eigenvalue weighted by Crippen LogP contribution is -2.01. The van der Waals surface area contributed by atoms with E-state index < -0.39 is 0 Å². The van der Waals surface area contributed by atoms with E-state index in [9.17, 15) is 4.79 Å². The van der Waals surface area contributed by atoms with Crippen molar-refractivity contribution in [3.63, 3.8) is 0 Å². The lowest BCUT2D eigenvalue weighted by molar-refractivity contribution is 0.101. The van der Waals surface area contributed by atoms with Gasteiger partial charge in [-0.25, -0.2) is 4.68 Å². The van der Waals surface area contributed by atoms with Crippen molar-refractivity contribution < 1.29 is 4.79 Å². The maximum Gasteiger partial charge on any atom is 0.159 e. The predicted molar refractivity (Wildman–Crippen MR) is 68.1 cm³/mol. The van der Waals surface area contributed by atoms with Gasteiger partial charge < -0.3 is 0 Å². The van der Waals surface area contributed by atoms with Gasteiger partial charge in [-0.2, -0.15) is 5.10 Å². The van der Waals surface area contributed by atoms with Gasteiger partial charge in [0.15, 0.2) is 5.78 Å². The average Bonchev–Trinajstić information content (AvgIpc) is 2.57. The van der Waals surface area contributed by atoms with E-state index in [1.165, 1.54) is 0 Å². The highest BCUT2D eigenvalue weighted by atomic mass is 35.5. The Kier molecular flexibility index (Phi) is 3.03. The van der Waals surface area contributed by atoms with Crippen LogP contribution in [0.5, 0.6) is 0 Å². The topological polar surface area (TPSA) is 34.9 Å². The highest BCUT2D eigenvalue weighted by Crippen LogP contribution is 2.22. The number of carbonyl (C=O) groups is 1. The number of aromatic nitrogens is 2. The fourth-order valence-corrected chi connectivity index (χ4v) is 1.85. The number of benzene rings is 1. The van der Waals surface area contributed by atoms with Crippen molar-refractivity contribution in [2.24, 2.45) is 0 Å².